The van der Waals surface area contributed by atoms with Crippen LogP contribution in [-0.2, 0) is 19.1 Å². The largest absolute Gasteiger partial charge is 0.469 e. The van der Waals surface area contributed by atoms with Crippen LogP contribution in [0.5, 0.6) is 0 Å². The summed E-state index contributed by atoms with van der Waals surface area (Å²) in [6.07, 6.45) is 1.85. The van der Waals surface area contributed by atoms with Crippen molar-refractivity contribution < 1.29 is 19.1 Å². The van der Waals surface area contributed by atoms with E-state index in [-0.39, 0.29) is 42.6 Å². The lowest BCUT2D eigenvalue weighted by Gasteiger charge is -2.32. The number of nitrogens with zero attached hydrogens (tertiary/aromatic N) is 1. The van der Waals surface area contributed by atoms with Gasteiger partial charge in [0.2, 0.25) is 11.8 Å². The minimum Gasteiger partial charge on any atom is -0.469 e. The Morgan fingerprint density at radius 3 is 2.30 bits per heavy atom. The molecular formula is C14H24N2O4. The average molecular weight is 284 g/mol. The molecule has 1 saturated heterocycles. The summed E-state index contributed by atoms with van der Waals surface area (Å²) in [4.78, 5) is 36.2. The SMILES string of the molecule is COC(=O)CCC(=O)N1CCC(NC(=O)C(C)C)CC1. The van der Waals surface area contributed by atoms with Gasteiger partial charge >= 0.3 is 5.97 Å². The second-order valence-corrected chi connectivity index (χ2v) is 5.39. The van der Waals surface area contributed by atoms with Gasteiger partial charge in [-0.25, -0.2) is 0 Å². The van der Waals surface area contributed by atoms with Crippen molar-refractivity contribution in [1.29, 1.82) is 0 Å². The number of piperidine rings is 1. The van der Waals surface area contributed by atoms with Crippen LogP contribution in [0.2, 0.25) is 0 Å². The molecule has 6 nitrogen and oxygen atoms in total. The average Bonchev–Trinajstić information content (AvgIpc) is 2.44. The van der Waals surface area contributed by atoms with Crippen LogP contribution in [0.3, 0.4) is 0 Å². The Kier molecular flexibility index (Phi) is 6.48. The van der Waals surface area contributed by atoms with E-state index in [2.05, 4.69) is 10.1 Å². The zero-order valence-corrected chi connectivity index (χ0v) is 12.5. The quantitative estimate of drug-likeness (QED) is 0.754. The molecule has 0 unspecified atom stereocenters. The molecule has 0 bridgehead atoms. The molecule has 0 aliphatic carbocycles. The van der Waals surface area contributed by atoms with Gasteiger partial charge in [-0.1, -0.05) is 13.8 Å². The molecule has 0 aromatic rings. The van der Waals surface area contributed by atoms with Crippen molar-refractivity contribution >= 4 is 17.8 Å². The lowest BCUT2D eigenvalue weighted by Crippen LogP contribution is -2.47. The fourth-order valence-corrected chi connectivity index (χ4v) is 2.11. The van der Waals surface area contributed by atoms with Gasteiger partial charge in [0.05, 0.1) is 13.5 Å². The molecule has 1 rings (SSSR count). The van der Waals surface area contributed by atoms with Gasteiger partial charge in [0.15, 0.2) is 0 Å². The highest BCUT2D eigenvalue weighted by Gasteiger charge is 2.24. The monoisotopic (exact) mass is 284 g/mol. The number of hydrogen-bond acceptors (Lipinski definition) is 4. The van der Waals surface area contributed by atoms with Gasteiger partial charge in [0.25, 0.3) is 0 Å². The van der Waals surface area contributed by atoms with Gasteiger partial charge in [-0.3, -0.25) is 14.4 Å². The molecule has 6 heteroatoms. The molecule has 0 aromatic heterocycles. The van der Waals surface area contributed by atoms with E-state index in [0.717, 1.165) is 12.8 Å². The number of ether oxygens (including phenoxy) is 1. The normalized spacial score (nSPS) is 16.1. The first-order chi connectivity index (χ1) is 9.43. The third-order valence-corrected chi connectivity index (χ3v) is 3.49. The molecule has 1 fully saturated rings. The summed E-state index contributed by atoms with van der Waals surface area (Å²) in [6.45, 7) is 4.98. The third kappa shape index (κ3) is 5.19. The predicted molar refractivity (Wildman–Crippen MR) is 73.8 cm³/mol. The molecule has 0 aromatic carbocycles. The zero-order chi connectivity index (χ0) is 15.1. The highest BCUT2D eigenvalue weighted by Crippen LogP contribution is 2.13. The number of nitrogens with one attached hydrogen (secondary N) is 1. The Labute approximate surface area is 119 Å². The summed E-state index contributed by atoms with van der Waals surface area (Å²) in [6, 6.07) is 0.148. The van der Waals surface area contributed by atoms with E-state index in [1.165, 1.54) is 7.11 Å². The van der Waals surface area contributed by atoms with Crippen LogP contribution in [0.25, 0.3) is 0 Å². The number of hydrogen-bond donors (Lipinski definition) is 1. The topological polar surface area (TPSA) is 75.7 Å². The molecule has 1 N–H and O–H groups in total. The highest BCUT2D eigenvalue weighted by atomic mass is 16.5. The van der Waals surface area contributed by atoms with Crippen molar-refractivity contribution in [2.24, 2.45) is 5.92 Å². The second-order valence-electron chi connectivity index (χ2n) is 5.39. The number of likely N-dealkylation sites (tertiary alicyclic amines) is 1. The first kappa shape index (κ1) is 16.5. The molecule has 0 radical (unpaired) electrons. The molecule has 2 amide bonds. The number of esters is 1. The summed E-state index contributed by atoms with van der Waals surface area (Å²) in [5, 5.41) is 2.99. The van der Waals surface area contributed by atoms with E-state index in [0.29, 0.717) is 13.1 Å². The van der Waals surface area contributed by atoms with E-state index in [1.54, 1.807) is 4.90 Å². The molecular weight excluding hydrogens is 260 g/mol. The second kappa shape index (κ2) is 7.87. The van der Waals surface area contributed by atoms with E-state index in [4.69, 9.17) is 0 Å². The molecule has 0 atom stereocenters. The lowest BCUT2D eigenvalue weighted by molar-refractivity contribution is -0.144. The van der Waals surface area contributed by atoms with Crippen LogP contribution in [0.4, 0.5) is 0 Å². The number of carbonyl (C=O) groups is 3. The van der Waals surface area contributed by atoms with Crippen LogP contribution in [0.1, 0.15) is 39.5 Å². The van der Waals surface area contributed by atoms with Gasteiger partial charge in [-0.15, -0.1) is 0 Å². The maximum absolute atomic E-state index is 11.9. The minimum absolute atomic E-state index is 0.0188. The Balaban J connectivity index is 2.29. The Bertz CT molecular complexity index is 360. The first-order valence-electron chi connectivity index (χ1n) is 7.09. The number of rotatable bonds is 5. The summed E-state index contributed by atoms with van der Waals surface area (Å²) in [7, 11) is 1.32. The van der Waals surface area contributed by atoms with Crippen LogP contribution < -0.4 is 5.32 Å². The maximum Gasteiger partial charge on any atom is 0.306 e. The van der Waals surface area contributed by atoms with Crippen LogP contribution in [0, 0.1) is 5.92 Å². The summed E-state index contributed by atoms with van der Waals surface area (Å²) in [5.41, 5.74) is 0. The van der Waals surface area contributed by atoms with E-state index in [9.17, 15) is 14.4 Å². The van der Waals surface area contributed by atoms with Gasteiger partial charge in [0.1, 0.15) is 0 Å². The lowest BCUT2D eigenvalue weighted by atomic mass is 10.0. The summed E-state index contributed by atoms with van der Waals surface area (Å²) in [5.74, 6) is -0.350. The van der Waals surface area contributed by atoms with Crippen molar-refractivity contribution in [3.05, 3.63) is 0 Å². The Morgan fingerprint density at radius 2 is 1.80 bits per heavy atom. The van der Waals surface area contributed by atoms with E-state index >= 15 is 0 Å². The predicted octanol–water partition coefficient (Wildman–Crippen LogP) is 0.703. The summed E-state index contributed by atoms with van der Waals surface area (Å²) < 4.78 is 4.51. The van der Waals surface area contributed by atoms with Crippen molar-refractivity contribution in [1.82, 2.24) is 10.2 Å². The van der Waals surface area contributed by atoms with Crippen LogP contribution in [-0.4, -0.2) is 48.9 Å². The zero-order valence-electron chi connectivity index (χ0n) is 12.5. The fourth-order valence-electron chi connectivity index (χ4n) is 2.11. The first-order valence-corrected chi connectivity index (χ1v) is 7.09. The smallest absolute Gasteiger partial charge is 0.306 e. The fraction of sp³-hybridized carbons (Fsp3) is 0.786. The molecule has 0 saturated carbocycles. The minimum atomic E-state index is -0.363. The molecule has 20 heavy (non-hydrogen) atoms. The van der Waals surface area contributed by atoms with Crippen LogP contribution >= 0.6 is 0 Å². The van der Waals surface area contributed by atoms with E-state index < -0.39 is 0 Å². The van der Waals surface area contributed by atoms with Crippen LogP contribution in [0.15, 0.2) is 0 Å². The number of methoxy groups -OCH3 is 1. The van der Waals surface area contributed by atoms with Crippen molar-refractivity contribution in [3.63, 3.8) is 0 Å². The maximum atomic E-state index is 11.9. The highest BCUT2D eigenvalue weighted by molar-refractivity contribution is 5.81. The third-order valence-electron chi connectivity index (χ3n) is 3.49. The van der Waals surface area contributed by atoms with Crippen molar-refractivity contribution in [3.8, 4) is 0 Å². The Hall–Kier alpha value is -1.59. The van der Waals surface area contributed by atoms with Gasteiger partial charge in [-0.2, -0.15) is 0 Å². The van der Waals surface area contributed by atoms with E-state index in [1.807, 2.05) is 13.8 Å². The molecule has 1 heterocycles. The number of carbonyl (C=O) groups excluding carboxylic acids is 3. The van der Waals surface area contributed by atoms with Crippen molar-refractivity contribution in [2.75, 3.05) is 20.2 Å². The number of amides is 2. The molecule has 1 aliphatic rings. The van der Waals surface area contributed by atoms with Gasteiger partial charge < -0.3 is 15.0 Å². The molecule has 0 spiro atoms. The standard InChI is InChI=1S/C14H24N2O4/c1-10(2)14(19)15-11-6-8-16(9-7-11)12(17)4-5-13(18)20-3/h10-11H,4-9H2,1-3H3,(H,15,19). The van der Waals surface area contributed by atoms with Crippen molar-refractivity contribution in [2.45, 2.75) is 45.6 Å². The molecule has 1 aliphatic heterocycles. The van der Waals surface area contributed by atoms with Gasteiger partial charge in [0, 0.05) is 31.5 Å². The Morgan fingerprint density at radius 1 is 1.20 bits per heavy atom. The molecule has 114 valence electrons. The summed E-state index contributed by atoms with van der Waals surface area (Å²) >= 11 is 0. The van der Waals surface area contributed by atoms with Gasteiger partial charge in [-0.05, 0) is 12.8 Å².